The molecule has 0 saturated carbocycles. The van der Waals surface area contributed by atoms with E-state index in [1.54, 1.807) is 29.8 Å². The normalized spacial score (nSPS) is 10.7. The number of aromatic nitrogens is 4. The summed E-state index contributed by atoms with van der Waals surface area (Å²) in [4.78, 5) is 12.3. The van der Waals surface area contributed by atoms with Gasteiger partial charge < -0.3 is 14.8 Å². The van der Waals surface area contributed by atoms with E-state index in [4.69, 9.17) is 9.47 Å². The first kappa shape index (κ1) is 19.4. The number of carbonyl (C=O) groups is 1. The van der Waals surface area contributed by atoms with Gasteiger partial charge in [-0.25, -0.2) is 0 Å². The second kappa shape index (κ2) is 8.60. The first-order valence-electron chi connectivity index (χ1n) is 9.49. The Hall–Kier alpha value is -3.94. The third kappa shape index (κ3) is 4.07. The number of aryl methyl sites for hydroxylation is 1. The van der Waals surface area contributed by atoms with E-state index in [9.17, 15) is 4.79 Å². The zero-order chi connectivity index (χ0) is 20.9. The van der Waals surface area contributed by atoms with Gasteiger partial charge in [-0.05, 0) is 48.9 Å². The van der Waals surface area contributed by atoms with Gasteiger partial charge in [0.2, 0.25) is 5.88 Å². The van der Waals surface area contributed by atoms with E-state index in [0.717, 1.165) is 16.9 Å². The molecule has 0 fully saturated rings. The minimum Gasteiger partial charge on any atom is -0.497 e. The number of hydrogen-bond donors (Lipinski definition) is 1. The molecule has 1 N–H and O–H groups in total. The second-order valence-electron chi connectivity index (χ2n) is 6.61. The molecule has 2 aromatic carbocycles. The van der Waals surface area contributed by atoms with Crippen molar-refractivity contribution in [3.8, 4) is 23.0 Å². The molecule has 30 heavy (non-hydrogen) atoms. The minimum absolute atomic E-state index is 0.124. The van der Waals surface area contributed by atoms with E-state index in [0.29, 0.717) is 29.5 Å². The third-order valence-corrected chi connectivity index (χ3v) is 4.61. The number of nitrogens with one attached hydrogen (secondary N) is 1. The van der Waals surface area contributed by atoms with E-state index in [-0.39, 0.29) is 12.5 Å². The summed E-state index contributed by atoms with van der Waals surface area (Å²) in [6, 6.07) is 18.5. The summed E-state index contributed by atoms with van der Waals surface area (Å²) in [5.41, 5.74) is 3.06. The maximum absolute atomic E-state index is 12.3. The van der Waals surface area contributed by atoms with Gasteiger partial charge in [-0.2, -0.15) is 4.52 Å². The largest absolute Gasteiger partial charge is 0.497 e. The lowest BCUT2D eigenvalue weighted by atomic mass is 10.1. The third-order valence-electron chi connectivity index (χ3n) is 4.61. The van der Waals surface area contributed by atoms with Crippen molar-refractivity contribution in [3.63, 3.8) is 0 Å². The van der Waals surface area contributed by atoms with Crippen molar-refractivity contribution in [2.45, 2.75) is 6.92 Å². The van der Waals surface area contributed by atoms with E-state index in [2.05, 4.69) is 20.6 Å². The Bertz CT molecular complexity index is 1170. The van der Waals surface area contributed by atoms with Gasteiger partial charge in [0.25, 0.3) is 5.91 Å². The average molecular weight is 403 g/mol. The molecule has 0 saturated heterocycles. The van der Waals surface area contributed by atoms with Gasteiger partial charge in [0.1, 0.15) is 12.4 Å². The summed E-state index contributed by atoms with van der Waals surface area (Å²) < 4.78 is 12.5. The summed E-state index contributed by atoms with van der Waals surface area (Å²) in [5, 5.41) is 15.7. The van der Waals surface area contributed by atoms with Gasteiger partial charge in [-0.15, -0.1) is 15.3 Å². The molecular weight excluding hydrogens is 382 g/mol. The van der Waals surface area contributed by atoms with Gasteiger partial charge in [0.15, 0.2) is 11.5 Å². The summed E-state index contributed by atoms with van der Waals surface area (Å²) in [6.07, 6.45) is 0. The maximum Gasteiger partial charge on any atom is 0.251 e. The number of rotatable bonds is 7. The molecule has 2 heterocycles. The van der Waals surface area contributed by atoms with Crippen molar-refractivity contribution in [2.75, 3.05) is 20.3 Å². The van der Waals surface area contributed by atoms with Gasteiger partial charge in [0, 0.05) is 17.2 Å². The predicted octanol–water partition coefficient (Wildman–Crippen LogP) is 2.92. The number of carbonyl (C=O) groups excluding carboxylic acids is 1. The van der Waals surface area contributed by atoms with Gasteiger partial charge in [0.05, 0.1) is 13.7 Å². The summed E-state index contributed by atoms with van der Waals surface area (Å²) >= 11 is 0. The number of ether oxygens (including phenoxy) is 2. The second-order valence-corrected chi connectivity index (χ2v) is 6.61. The highest BCUT2D eigenvalue weighted by Gasteiger charge is 2.11. The molecule has 4 rings (SSSR count). The molecule has 0 spiro atoms. The molecule has 2 aromatic heterocycles. The van der Waals surface area contributed by atoms with Crippen molar-refractivity contribution in [3.05, 3.63) is 71.8 Å². The van der Waals surface area contributed by atoms with Crippen LogP contribution in [0.4, 0.5) is 0 Å². The average Bonchev–Trinajstić information content (AvgIpc) is 3.20. The fourth-order valence-electron chi connectivity index (χ4n) is 3.01. The van der Waals surface area contributed by atoms with Crippen LogP contribution < -0.4 is 14.8 Å². The Morgan fingerprint density at radius 1 is 1.03 bits per heavy atom. The lowest BCUT2D eigenvalue weighted by Crippen LogP contribution is -2.28. The zero-order valence-electron chi connectivity index (χ0n) is 16.7. The summed E-state index contributed by atoms with van der Waals surface area (Å²) in [7, 11) is 1.62. The molecule has 1 amide bonds. The van der Waals surface area contributed by atoms with Crippen LogP contribution in [0.2, 0.25) is 0 Å². The SMILES string of the molecule is COc1ccc(-c2nnc3ccc(OCCNC(=O)c4ccccc4C)nn23)cc1. The zero-order valence-corrected chi connectivity index (χ0v) is 16.7. The highest BCUT2D eigenvalue weighted by Crippen LogP contribution is 2.21. The first-order valence-corrected chi connectivity index (χ1v) is 9.49. The molecule has 0 aliphatic heterocycles. The van der Waals surface area contributed by atoms with Gasteiger partial charge >= 0.3 is 0 Å². The maximum atomic E-state index is 12.3. The van der Waals surface area contributed by atoms with Crippen LogP contribution >= 0.6 is 0 Å². The molecule has 0 atom stereocenters. The molecule has 0 unspecified atom stereocenters. The molecule has 8 nitrogen and oxygen atoms in total. The van der Waals surface area contributed by atoms with Crippen molar-refractivity contribution in [1.82, 2.24) is 25.1 Å². The fraction of sp³-hybridized carbons (Fsp3) is 0.182. The first-order chi connectivity index (χ1) is 14.7. The Balaban J connectivity index is 1.41. The molecule has 0 aliphatic rings. The van der Waals surface area contributed by atoms with Crippen LogP contribution in [-0.2, 0) is 0 Å². The van der Waals surface area contributed by atoms with Crippen LogP contribution in [-0.4, -0.2) is 46.0 Å². The van der Waals surface area contributed by atoms with E-state index >= 15 is 0 Å². The molecular formula is C22H21N5O3. The lowest BCUT2D eigenvalue weighted by Gasteiger charge is -2.09. The van der Waals surface area contributed by atoms with Crippen molar-refractivity contribution >= 4 is 11.6 Å². The summed E-state index contributed by atoms with van der Waals surface area (Å²) in [6.45, 7) is 2.56. The molecule has 8 heteroatoms. The van der Waals surface area contributed by atoms with E-state index in [1.807, 2.05) is 49.4 Å². The monoisotopic (exact) mass is 403 g/mol. The number of methoxy groups -OCH3 is 1. The number of benzene rings is 2. The minimum atomic E-state index is -0.124. The van der Waals surface area contributed by atoms with Crippen LogP contribution in [0.3, 0.4) is 0 Å². The topological polar surface area (TPSA) is 90.6 Å². The predicted molar refractivity (Wildman–Crippen MR) is 112 cm³/mol. The van der Waals surface area contributed by atoms with Gasteiger partial charge in [-0.3, -0.25) is 4.79 Å². The number of nitrogens with zero attached hydrogens (tertiary/aromatic N) is 4. The Labute approximate surface area is 173 Å². The molecule has 0 bridgehead atoms. The van der Waals surface area contributed by atoms with Crippen LogP contribution in [0.15, 0.2) is 60.7 Å². The highest BCUT2D eigenvalue weighted by atomic mass is 16.5. The van der Waals surface area contributed by atoms with Crippen molar-refractivity contribution < 1.29 is 14.3 Å². The van der Waals surface area contributed by atoms with Crippen LogP contribution in [0.25, 0.3) is 17.0 Å². The van der Waals surface area contributed by atoms with Crippen LogP contribution in [0.5, 0.6) is 11.6 Å². The molecule has 152 valence electrons. The summed E-state index contributed by atoms with van der Waals surface area (Å²) in [5.74, 6) is 1.66. The smallest absolute Gasteiger partial charge is 0.251 e. The highest BCUT2D eigenvalue weighted by molar-refractivity contribution is 5.95. The number of amides is 1. The number of hydrogen-bond acceptors (Lipinski definition) is 6. The molecule has 0 aliphatic carbocycles. The van der Waals surface area contributed by atoms with Crippen LogP contribution in [0.1, 0.15) is 15.9 Å². The molecule has 4 aromatic rings. The number of fused-ring (bicyclic) bond motifs is 1. The standard InChI is InChI=1S/C22H21N5O3/c1-15-5-3-4-6-18(15)22(28)23-13-14-30-20-12-11-19-24-25-21(27(19)26-20)16-7-9-17(29-2)10-8-16/h3-12H,13-14H2,1-2H3,(H,23,28). The fourth-order valence-corrected chi connectivity index (χ4v) is 3.01. The van der Waals surface area contributed by atoms with Crippen molar-refractivity contribution in [1.29, 1.82) is 0 Å². The van der Waals surface area contributed by atoms with Crippen LogP contribution in [0, 0.1) is 6.92 Å². The Morgan fingerprint density at radius 3 is 2.60 bits per heavy atom. The lowest BCUT2D eigenvalue weighted by molar-refractivity contribution is 0.0946. The Kier molecular flexibility index (Phi) is 5.56. The molecule has 0 radical (unpaired) electrons. The quantitative estimate of drug-likeness (QED) is 0.477. The van der Waals surface area contributed by atoms with E-state index in [1.165, 1.54) is 0 Å². The Morgan fingerprint density at radius 2 is 1.83 bits per heavy atom. The van der Waals surface area contributed by atoms with E-state index < -0.39 is 0 Å². The van der Waals surface area contributed by atoms with Crippen molar-refractivity contribution in [2.24, 2.45) is 0 Å². The van der Waals surface area contributed by atoms with Gasteiger partial charge in [-0.1, -0.05) is 18.2 Å².